The van der Waals surface area contributed by atoms with E-state index >= 15 is 0 Å². The molecule has 1 amide bonds. The first-order chi connectivity index (χ1) is 20.4. The maximum absolute atomic E-state index is 14.0. The molecule has 2 saturated heterocycles. The van der Waals surface area contributed by atoms with E-state index in [1.165, 1.54) is 6.42 Å². The molecule has 1 unspecified atom stereocenters. The van der Waals surface area contributed by atoms with Crippen molar-refractivity contribution < 1.29 is 19.4 Å². The molecule has 0 spiro atoms. The number of rotatable bonds is 7. The summed E-state index contributed by atoms with van der Waals surface area (Å²) in [6, 6.07) is 9.63. The number of hydrogen-bond acceptors (Lipinski definition) is 8. The van der Waals surface area contributed by atoms with E-state index < -0.39 is 0 Å². The van der Waals surface area contributed by atoms with E-state index in [-0.39, 0.29) is 17.1 Å². The average molecular weight is 572 g/mol. The Morgan fingerprint density at radius 1 is 1.14 bits per heavy atom. The van der Waals surface area contributed by atoms with Crippen LogP contribution < -0.4 is 9.64 Å². The summed E-state index contributed by atoms with van der Waals surface area (Å²) in [4.78, 5) is 30.6. The van der Waals surface area contributed by atoms with E-state index in [9.17, 15) is 9.90 Å². The molecule has 7 rings (SSSR count). The van der Waals surface area contributed by atoms with Crippen LogP contribution in [0.5, 0.6) is 11.8 Å². The molecule has 2 aromatic carbocycles. The molecule has 3 fully saturated rings. The van der Waals surface area contributed by atoms with Crippen LogP contribution in [0.3, 0.4) is 0 Å². The molecule has 3 aromatic rings. The molecule has 1 saturated carbocycles. The Balaban J connectivity index is 1.16. The number of carbonyl (C=O) groups excluding carboxylic acids is 1. The lowest BCUT2D eigenvalue weighted by Gasteiger charge is -2.33. The van der Waals surface area contributed by atoms with E-state index in [0.717, 1.165) is 98.6 Å². The first-order valence-electron chi connectivity index (χ1n) is 15.5. The van der Waals surface area contributed by atoms with Gasteiger partial charge in [0.15, 0.2) is 0 Å². The fourth-order valence-electron chi connectivity index (χ4n) is 6.98. The minimum absolute atomic E-state index is 0.0951. The zero-order chi connectivity index (χ0) is 28.8. The SMILES string of the molecule is Cc1cccc2cc(O)cc(C(=O)N3Cc4nc(OCC5(CN6CCOCC6)CC5)nc(N5CCCC(C)C5)c4C3)c12. The zero-order valence-corrected chi connectivity index (χ0v) is 24.8. The van der Waals surface area contributed by atoms with Gasteiger partial charge >= 0.3 is 6.01 Å². The number of aromatic hydroxyl groups is 1. The molecule has 42 heavy (non-hydrogen) atoms. The Hall–Kier alpha value is -3.43. The van der Waals surface area contributed by atoms with Gasteiger partial charge in [0.25, 0.3) is 5.91 Å². The summed E-state index contributed by atoms with van der Waals surface area (Å²) in [5.41, 5.74) is 3.57. The summed E-state index contributed by atoms with van der Waals surface area (Å²) < 4.78 is 11.9. The van der Waals surface area contributed by atoms with E-state index in [4.69, 9.17) is 19.4 Å². The van der Waals surface area contributed by atoms with Gasteiger partial charge in [0.2, 0.25) is 0 Å². The molecule has 1 N–H and O–H groups in total. The second-order valence-electron chi connectivity index (χ2n) is 13.0. The summed E-state index contributed by atoms with van der Waals surface area (Å²) >= 11 is 0. The minimum atomic E-state index is -0.105. The van der Waals surface area contributed by atoms with Crippen LogP contribution in [0.25, 0.3) is 10.8 Å². The van der Waals surface area contributed by atoms with Gasteiger partial charge in [-0.05, 0) is 67.0 Å². The fraction of sp³-hybridized carbons (Fsp3) is 0.545. The zero-order valence-electron chi connectivity index (χ0n) is 24.8. The molecule has 9 heteroatoms. The van der Waals surface area contributed by atoms with Crippen molar-refractivity contribution in [3.63, 3.8) is 0 Å². The summed E-state index contributed by atoms with van der Waals surface area (Å²) in [5, 5.41) is 12.2. The summed E-state index contributed by atoms with van der Waals surface area (Å²) in [7, 11) is 0. The highest BCUT2D eigenvalue weighted by Crippen LogP contribution is 2.47. The number of fused-ring (bicyclic) bond motifs is 2. The van der Waals surface area contributed by atoms with E-state index in [0.29, 0.717) is 37.2 Å². The van der Waals surface area contributed by atoms with Crippen LogP contribution in [0.4, 0.5) is 5.82 Å². The smallest absolute Gasteiger partial charge is 0.318 e. The molecule has 4 aliphatic rings. The third kappa shape index (κ3) is 5.40. The number of anilines is 1. The van der Waals surface area contributed by atoms with Gasteiger partial charge in [0.05, 0.1) is 44.2 Å². The molecule has 1 atom stereocenters. The lowest BCUT2D eigenvalue weighted by Crippen LogP contribution is -2.41. The Morgan fingerprint density at radius 2 is 1.98 bits per heavy atom. The predicted molar refractivity (Wildman–Crippen MR) is 161 cm³/mol. The summed E-state index contributed by atoms with van der Waals surface area (Å²) in [5.74, 6) is 1.48. The largest absolute Gasteiger partial charge is 0.508 e. The number of phenolic OH excluding ortho intramolecular Hbond substituents is 1. The van der Waals surface area contributed by atoms with Crippen LogP contribution in [0.1, 0.15) is 59.8 Å². The molecule has 9 nitrogen and oxygen atoms in total. The number of nitrogens with zero attached hydrogens (tertiary/aromatic N) is 5. The second-order valence-corrected chi connectivity index (χ2v) is 13.0. The predicted octanol–water partition coefficient (Wildman–Crippen LogP) is 4.53. The van der Waals surface area contributed by atoms with Crippen LogP contribution in [0.2, 0.25) is 0 Å². The first-order valence-corrected chi connectivity index (χ1v) is 15.5. The van der Waals surface area contributed by atoms with Gasteiger partial charge in [-0.2, -0.15) is 9.97 Å². The lowest BCUT2D eigenvalue weighted by molar-refractivity contribution is 0.0231. The number of aryl methyl sites for hydroxylation is 1. The van der Waals surface area contributed by atoms with Gasteiger partial charge in [-0.15, -0.1) is 0 Å². The monoisotopic (exact) mass is 571 g/mol. The number of ether oxygens (including phenoxy) is 2. The number of hydrogen-bond donors (Lipinski definition) is 1. The van der Waals surface area contributed by atoms with Crippen molar-refractivity contribution in [3.8, 4) is 11.8 Å². The molecule has 0 radical (unpaired) electrons. The van der Waals surface area contributed by atoms with Crippen LogP contribution >= 0.6 is 0 Å². The van der Waals surface area contributed by atoms with Gasteiger partial charge in [0, 0.05) is 43.7 Å². The number of aromatic nitrogens is 2. The second kappa shape index (κ2) is 11.0. The van der Waals surface area contributed by atoms with Crippen LogP contribution in [0, 0.1) is 18.3 Å². The Morgan fingerprint density at radius 3 is 2.76 bits per heavy atom. The van der Waals surface area contributed by atoms with Gasteiger partial charge in [-0.3, -0.25) is 9.69 Å². The highest BCUT2D eigenvalue weighted by molar-refractivity contribution is 6.09. The average Bonchev–Trinajstić information content (AvgIpc) is 3.61. The van der Waals surface area contributed by atoms with Crippen LogP contribution in [-0.2, 0) is 17.8 Å². The van der Waals surface area contributed by atoms with E-state index in [1.54, 1.807) is 12.1 Å². The number of amides is 1. The van der Waals surface area contributed by atoms with Crippen LogP contribution in [0.15, 0.2) is 30.3 Å². The standard InChI is InChI=1S/C33H41N5O4/c1-22-5-4-10-37(17-22)30-27-18-38(31(40)26-16-25(39)15-24-7-3-6-23(2)29(24)26)19-28(27)34-32(35-30)42-21-33(8-9-33)20-36-11-13-41-14-12-36/h3,6-7,15-16,22,39H,4-5,8-14,17-21H2,1-2H3. The van der Waals surface area contributed by atoms with Crippen molar-refractivity contribution >= 4 is 22.5 Å². The minimum Gasteiger partial charge on any atom is -0.508 e. The van der Waals surface area contributed by atoms with Gasteiger partial charge < -0.3 is 24.4 Å². The molecular formula is C33H41N5O4. The molecule has 222 valence electrons. The molecule has 1 aromatic heterocycles. The first kappa shape index (κ1) is 27.4. The van der Waals surface area contributed by atoms with Crippen LogP contribution in [-0.4, -0.2) is 83.3 Å². The molecule has 4 heterocycles. The molecule has 1 aliphatic carbocycles. The van der Waals surface area contributed by atoms with Gasteiger partial charge in [-0.1, -0.05) is 25.1 Å². The Labute approximate surface area is 247 Å². The molecule has 0 bridgehead atoms. The highest BCUT2D eigenvalue weighted by Gasteiger charge is 2.45. The number of benzene rings is 2. The van der Waals surface area contributed by atoms with Crippen molar-refractivity contribution in [2.24, 2.45) is 11.3 Å². The number of carbonyl (C=O) groups is 1. The maximum atomic E-state index is 14.0. The van der Waals surface area contributed by atoms with Crippen molar-refractivity contribution in [2.45, 2.75) is 52.6 Å². The van der Waals surface area contributed by atoms with Crippen molar-refractivity contribution in [1.29, 1.82) is 0 Å². The summed E-state index contributed by atoms with van der Waals surface area (Å²) in [6.07, 6.45) is 4.65. The molecular weight excluding hydrogens is 530 g/mol. The van der Waals surface area contributed by atoms with Crippen molar-refractivity contribution in [3.05, 3.63) is 52.7 Å². The maximum Gasteiger partial charge on any atom is 0.318 e. The van der Waals surface area contributed by atoms with Crippen molar-refractivity contribution in [2.75, 3.05) is 57.4 Å². The lowest BCUT2D eigenvalue weighted by atomic mass is 9.98. The normalized spacial score (nSPS) is 21.9. The third-order valence-electron chi connectivity index (χ3n) is 9.51. The molecule has 3 aliphatic heterocycles. The van der Waals surface area contributed by atoms with Gasteiger partial charge in [0.1, 0.15) is 11.6 Å². The third-order valence-corrected chi connectivity index (χ3v) is 9.51. The number of morpholine rings is 1. The number of piperidine rings is 1. The van der Waals surface area contributed by atoms with Crippen molar-refractivity contribution in [1.82, 2.24) is 19.8 Å². The quantitative estimate of drug-likeness (QED) is 0.443. The fourth-order valence-corrected chi connectivity index (χ4v) is 6.98. The summed E-state index contributed by atoms with van der Waals surface area (Å²) in [6.45, 7) is 12.2. The van der Waals surface area contributed by atoms with E-state index in [1.807, 2.05) is 30.0 Å². The Bertz CT molecular complexity index is 1500. The topological polar surface area (TPSA) is 91.3 Å². The van der Waals surface area contributed by atoms with E-state index in [2.05, 4.69) is 16.7 Å². The highest BCUT2D eigenvalue weighted by atomic mass is 16.5. The van der Waals surface area contributed by atoms with Gasteiger partial charge in [-0.25, -0.2) is 0 Å². The Kier molecular flexibility index (Phi) is 7.18. The number of phenols is 1.